The van der Waals surface area contributed by atoms with Crippen molar-refractivity contribution in [1.82, 2.24) is 4.98 Å². The number of rotatable bonds is 1. The predicted octanol–water partition coefficient (Wildman–Crippen LogP) is 5.18. The average molecular weight is 337 g/mol. The first-order valence-electron chi connectivity index (χ1n) is 4.87. The molecule has 1 aromatic heterocycles. The molecule has 6 heteroatoms. The van der Waals surface area contributed by atoms with E-state index < -0.39 is 11.7 Å². The van der Waals surface area contributed by atoms with Gasteiger partial charge in [-0.15, -0.1) is 0 Å². The highest BCUT2D eigenvalue weighted by atomic mass is 79.9. The number of pyridine rings is 1. The van der Waals surface area contributed by atoms with Crippen molar-refractivity contribution >= 4 is 27.5 Å². The van der Waals surface area contributed by atoms with Gasteiger partial charge < -0.3 is 0 Å². The molecule has 0 N–H and O–H groups in total. The van der Waals surface area contributed by atoms with Gasteiger partial charge in [-0.2, -0.15) is 13.2 Å². The zero-order chi connectivity index (χ0) is 13.3. The Morgan fingerprint density at radius 1 is 1.11 bits per heavy atom. The highest BCUT2D eigenvalue weighted by Crippen LogP contribution is 2.34. The third kappa shape index (κ3) is 2.84. The molecule has 0 saturated carbocycles. The molecule has 0 fully saturated rings. The first kappa shape index (κ1) is 13.4. The Balaban J connectivity index is 2.60. The van der Waals surface area contributed by atoms with E-state index in [4.69, 9.17) is 11.6 Å². The average Bonchev–Trinajstić information content (AvgIpc) is 2.27. The van der Waals surface area contributed by atoms with Gasteiger partial charge in [0, 0.05) is 10.0 Å². The molecule has 0 spiro atoms. The van der Waals surface area contributed by atoms with E-state index in [1.807, 2.05) is 0 Å². The van der Waals surface area contributed by atoms with E-state index in [1.54, 1.807) is 24.3 Å². The van der Waals surface area contributed by atoms with Crippen LogP contribution in [0.4, 0.5) is 13.2 Å². The number of halogens is 5. The summed E-state index contributed by atoms with van der Waals surface area (Å²) in [6.07, 6.45) is -4.44. The third-order valence-electron chi connectivity index (χ3n) is 2.27. The zero-order valence-corrected chi connectivity index (χ0v) is 11.1. The molecule has 0 aliphatic rings. The topological polar surface area (TPSA) is 12.9 Å². The minimum absolute atomic E-state index is 0.183. The Morgan fingerprint density at radius 2 is 1.78 bits per heavy atom. The second-order valence-corrected chi connectivity index (χ2v) is 4.78. The normalized spacial score (nSPS) is 11.6. The Hall–Kier alpha value is -1.07. The van der Waals surface area contributed by atoms with Gasteiger partial charge in [0.2, 0.25) is 0 Å². The van der Waals surface area contributed by atoms with Crippen LogP contribution in [0.15, 0.2) is 40.9 Å². The molecule has 0 radical (unpaired) electrons. The number of benzene rings is 1. The summed E-state index contributed by atoms with van der Waals surface area (Å²) in [6.45, 7) is 0. The fourth-order valence-electron chi connectivity index (χ4n) is 1.47. The quantitative estimate of drug-likeness (QED) is 0.654. The fraction of sp³-hybridized carbons (Fsp3) is 0.0833. The van der Waals surface area contributed by atoms with Crippen molar-refractivity contribution in [2.75, 3.05) is 0 Å². The monoisotopic (exact) mass is 335 g/mol. The predicted molar refractivity (Wildman–Crippen MR) is 67.4 cm³/mol. The van der Waals surface area contributed by atoms with Crippen LogP contribution >= 0.6 is 27.5 Å². The van der Waals surface area contributed by atoms with Crippen LogP contribution in [0.25, 0.3) is 11.3 Å². The molecule has 1 nitrogen and oxygen atoms in total. The first-order chi connectivity index (χ1) is 8.38. The standard InChI is InChI=1S/C12H6BrClF3N/c13-9-4-2-1-3-8(9)10-5-7(12(15,16)17)6-11(14)18-10/h1-6H. The first-order valence-corrected chi connectivity index (χ1v) is 6.05. The van der Waals surface area contributed by atoms with Gasteiger partial charge in [-0.3, -0.25) is 0 Å². The van der Waals surface area contributed by atoms with Crippen LogP contribution < -0.4 is 0 Å². The summed E-state index contributed by atoms with van der Waals surface area (Å²) in [5.41, 5.74) is -0.0685. The van der Waals surface area contributed by atoms with Gasteiger partial charge in [-0.1, -0.05) is 45.7 Å². The van der Waals surface area contributed by atoms with Gasteiger partial charge in [0.1, 0.15) is 5.15 Å². The maximum Gasteiger partial charge on any atom is 0.416 e. The number of hydrogen-bond acceptors (Lipinski definition) is 1. The van der Waals surface area contributed by atoms with Crippen LogP contribution in [0.2, 0.25) is 5.15 Å². The van der Waals surface area contributed by atoms with E-state index in [-0.39, 0.29) is 10.8 Å². The smallest absolute Gasteiger partial charge is 0.236 e. The molecule has 0 atom stereocenters. The van der Waals surface area contributed by atoms with Gasteiger partial charge in [0.05, 0.1) is 11.3 Å². The minimum Gasteiger partial charge on any atom is -0.236 e. The second-order valence-electron chi connectivity index (χ2n) is 3.54. The van der Waals surface area contributed by atoms with Gasteiger partial charge in [-0.05, 0) is 18.2 Å². The molecule has 0 amide bonds. The van der Waals surface area contributed by atoms with Crippen molar-refractivity contribution in [3.63, 3.8) is 0 Å². The molecule has 0 unspecified atom stereocenters. The number of aromatic nitrogens is 1. The molecule has 0 saturated heterocycles. The van der Waals surface area contributed by atoms with Crippen LogP contribution in [0.5, 0.6) is 0 Å². The lowest BCUT2D eigenvalue weighted by Crippen LogP contribution is -2.05. The van der Waals surface area contributed by atoms with Crippen molar-refractivity contribution in [1.29, 1.82) is 0 Å². The Bertz CT molecular complexity index is 584. The molecule has 2 aromatic rings. The summed E-state index contributed by atoms with van der Waals surface area (Å²) in [6, 6.07) is 8.67. The van der Waals surface area contributed by atoms with E-state index in [1.165, 1.54) is 0 Å². The lowest BCUT2D eigenvalue weighted by Gasteiger charge is -2.10. The van der Waals surface area contributed by atoms with E-state index in [9.17, 15) is 13.2 Å². The highest BCUT2D eigenvalue weighted by Gasteiger charge is 2.31. The van der Waals surface area contributed by atoms with Crippen molar-refractivity contribution in [3.8, 4) is 11.3 Å². The summed E-state index contributed by atoms with van der Waals surface area (Å²) in [5.74, 6) is 0. The van der Waals surface area contributed by atoms with Crippen molar-refractivity contribution in [3.05, 3.63) is 51.6 Å². The summed E-state index contributed by atoms with van der Waals surface area (Å²) in [5, 5.41) is -0.185. The summed E-state index contributed by atoms with van der Waals surface area (Å²) in [4.78, 5) is 3.91. The summed E-state index contributed by atoms with van der Waals surface area (Å²) >= 11 is 8.90. The molecule has 18 heavy (non-hydrogen) atoms. The molecule has 94 valence electrons. The lowest BCUT2D eigenvalue weighted by atomic mass is 10.1. The van der Waals surface area contributed by atoms with Gasteiger partial charge >= 0.3 is 6.18 Å². The van der Waals surface area contributed by atoms with Crippen molar-refractivity contribution < 1.29 is 13.2 Å². The summed E-state index contributed by atoms with van der Waals surface area (Å²) < 4.78 is 38.7. The van der Waals surface area contributed by atoms with E-state index >= 15 is 0 Å². The van der Waals surface area contributed by atoms with Gasteiger partial charge in [0.15, 0.2) is 0 Å². The summed E-state index contributed by atoms with van der Waals surface area (Å²) in [7, 11) is 0. The van der Waals surface area contributed by atoms with Crippen LogP contribution in [-0.2, 0) is 6.18 Å². The number of hydrogen-bond donors (Lipinski definition) is 0. The molecule has 1 aromatic carbocycles. The molecule has 1 heterocycles. The molecule has 0 aliphatic heterocycles. The van der Waals surface area contributed by atoms with Crippen LogP contribution in [0.3, 0.4) is 0 Å². The van der Waals surface area contributed by atoms with E-state index in [0.29, 0.717) is 10.0 Å². The lowest BCUT2D eigenvalue weighted by molar-refractivity contribution is -0.137. The van der Waals surface area contributed by atoms with Crippen LogP contribution in [0, 0.1) is 0 Å². The minimum atomic E-state index is -4.44. The number of nitrogens with zero attached hydrogens (tertiary/aromatic N) is 1. The van der Waals surface area contributed by atoms with Gasteiger partial charge in [-0.25, -0.2) is 4.98 Å². The van der Waals surface area contributed by atoms with Gasteiger partial charge in [0.25, 0.3) is 0 Å². The van der Waals surface area contributed by atoms with Crippen LogP contribution in [-0.4, -0.2) is 4.98 Å². The maximum absolute atomic E-state index is 12.7. The fourth-order valence-corrected chi connectivity index (χ4v) is 2.16. The molecule has 2 rings (SSSR count). The largest absolute Gasteiger partial charge is 0.416 e. The second kappa shape index (κ2) is 4.90. The van der Waals surface area contributed by atoms with E-state index in [2.05, 4.69) is 20.9 Å². The van der Waals surface area contributed by atoms with Crippen molar-refractivity contribution in [2.45, 2.75) is 6.18 Å². The van der Waals surface area contributed by atoms with E-state index in [0.717, 1.165) is 12.1 Å². The highest BCUT2D eigenvalue weighted by molar-refractivity contribution is 9.10. The Kier molecular flexibility index (Phi) is 3.64. The molecule has 0 aliphatic carbocycles. The SMILES string of the molecule is FC(F)(F)c1cc(Cl)nc(-c2ccccc2Br)c1. The molecule has 0 bridgehead atoms. The zero-order valence-electron chi connectivity index (χ0n) is 8.80. The number of alkyl halides is 3. The van der Waals surface area contributed by atoms with Crippen molar-refractivity contribution in [2.24, 2.45) is 0 Å². The molecular weight excluding hydrogens is 330 g/mol. The Labute approximate surface area is 115 Å². The molecular formula is C12H6BrClF3N. The Morgan fingerprint density at radius 3 is 2.39 bits per heavy atom. The maximum atomic E-state index is 12.7. The van der Waals surface area contributed by atoms with Crippen LogP contribution in [0.1, 0.15) is 5.56 Å². The third-order valence-corrected chi connectivity index (χ3v) is 3.16.